The summed E-state index contributed by atoms with van der Waals surface area (Å²) in [5.41, 5.74) is 0.929. The first-order valence-corrected chi connectivity index (χ1v) is 24.8. The first-order valence-electron chi connectivity index (χ1n) is 24.8. The minimum atomic E-state index is -1.55. The van der Waals surface area contributed by atoms with Crippen molar-refractivity contribution in [2.45, 2.75) is 143 Å². The zero-order valence-electron chi connectivity index (χ0n) is 44.4. The molecule has 0 spiro atoms. The van der Waals surface area contributed by atoms with E-state index in [1.54, 1.807) is 89.2 Å². The highest BCUT2D eigenvalue weighted by atomic mass is 16.5. The van der Waals surface area contributed by atoms with Gasteiger partial charge in [-0.1, -0.05) is 97.0 Å². The van der Waals surface area contributed by atoms with E-state index in [0.29, 0.717) is 5.56 Å². The maximum absolute atomic E-state index is 14.9. The van der Waals surface area contributed by atoms with Gasteiger partial charge in [0, 0.05) is 53.8 Å². The Kier molecular flexibility index (Phi) is 19.9. The lowest BCUT2D eigenvalue weighted by atomic mass is 9.96. The second-order valence-electron chi connectivity index (χ2n) is 20.7. The van der Waals surface area contributed by atoms with Crippen LogP contribution in [0.2, 0.25) is 0 Å². The third kappa shape index (κ3) is 13.6. The third-order valence-corrected chi connectivity index (χ3v) is 14.0. The summed E-state index contributed by atoms with van der Waals surface area (Å²) in [5, 5.41) is 5.61. The van der Waals surface area contributed by atoms with Crippen molar-refractivity contribution >= 4 is 53.2 Å². The number of nitrogens with one attached hydrogen (secondary N) is 2. The number of fused-ring (bicyclic) bond motifs is 1. The highest BCUT2D eigenvalue weighted by Crippen LogP contribution is 2.28. The summed E-state index contributed by atoms with van der Waals surface area (Å²) >= 11 is 0. The first-order chi connectivity index (χ1) is 33.2. The Morgan fingerprint density at radius 3 is 1.72 bits per heavy atom. The quantitative estimate of drug-likeness (QED) is 0.370. The van der Waals surface area contributed by atoms with E-state index >= 15 is 0 Å². The summed E-state index contributed by atoms with van der Waals surface area (Å²) < 4.78 is 6.07. The minimum Gasteiger partial charge on any atom is -0.458 e. The van der Waals surface area contributed by atoms with Crippen LogP contribution in [0.25, 0.3) is 0 Å². The number of rotatable bonds is 8. The molecule has 2 saturated heterocycles. The molecule has 18 nitrogen and oxygen atoms in total. The van der Waals surface area contributed by atoms with Gasteiger partial charge >= 0.3 is 5.97 Å². The van der Waals surface area contributed by atoms with Crippen LogP contribution in [-0.4, -0.2) is 179 Å². The Labute approximate surface area is 420 Å². The van der Waals surface area contributed by atoms with E-state index in [0.717, 1.165) is 0 Å². The Morgan fingerprint density at radius 2 is 1.17 bits per heavy atom. The standard InChI is InChI=1S/C53H78N8O10/c1-30(2)26-40-49(66)57(12)35(9)47(64)61-29-33(7)27-41(61)50(67)56(11)34(8)45(62)54-39(28-37-22-18-16-19-23-37)48(65)59(14)43(31(3)4)52(69)60(15)44(32(5)6)53(70)71-36(10)42(51(68)58(40)13)55-46(63)38-24-20-17-21-25-38/h16-25,30-36,39-44H,26-29H2,1-15H3,(H,54,62)(H,55,63)/t33-,34-,35-,36+,39-,40-,41+,42-,43-,44-/m0/s1. The molecule has 0 aliphatic carbocycles. The maximum Gasteiger partial charge on any atom is 0.329 e. The SMILES string of the molecule is CC(C)C[C@H]1C(=O)N(C)[C@@H](C)C(=O)N2C[C@@H](C)C[C@@H]2C(=O)N(C)[C@@H](C)C(=O)N[C@@H](Cc2ccccc2)C(=O)N(C)[C@@H](C(C)C)C(=O)N(C)[C@@H](C(C)C)C(=O)O[C@H](C)[C@H](NC(=O)c2ccccc2)C(=O)N1C. The summed E-state index contributed by atoms with van der Waals surface area (Å²) in [6, 6.07) is 7.61. The molecule has 0 aromatic heterocycles. The van der Waals surface area contributed by atoms with Crippen LogP contribution in [0.4, 0.5) is 0 Å². The van der Waals surface area contributed by atoms with Gasteiger partial charge in [0.2, 0.25) is 41.4 Å². The Bertz CT molecular complexity index is 2240. The number of cyclic esters (lactones) is 1. The molecule has 10 atom stereocenters. The number of esters is 1. The molecule has 18 heteroatoms. The van der Waals surface area contributed by atoms with Gasteiger partial charge in [0.05, 0.1) is 0 Å². The van der Waals surface area contributed by atoms with Crippen LogP contribution < -0.4 is 10.6 Å². The first kappa shape index (κ1) is 57.3. The summed E-state index contributed by atoms with van der Waals surface area (Å²) in [7, 11) is 7.22. The monoisotopic (exact) mass is 987 g/mol. The van der Waals surface area contributed by atoms with Gasteiger partial charge in [-0.15, -0.1) is 0 Å². The summed E-state index contributed by atoms with van der Waals surface area (Å²) in [4.78, 5) is 138. The van der Waals surface area contributed by atoms with Crippen molar-refractivity contribution in [3.05, 3.63) is 71.8 Å². The molecule has 2 aromatic carbocycles. The van der Waals surface area contributed by atoms with Gasteiger partial charge in [-0.3, -0.25) is 38.4 Å². The molecule has 2 aliphatic rings. The van der Waals surface area contributed by atoms with Crippen molar-refractivity contribution in [3.8, 4) is 0 Å². The van der Waals surface area contributed by atoms with Gasteiger partial charge in [0.25, 0.3) is 5.91 Å². The van der Waals surface area contributed by atoms with Crippen molar-refractivity contribution in [1.29, 1.82) is 0 Å². The lowest BCUT2D eigenvalue weighted by Gasteiger charge is -2.39. The Morgan fingerprint density at radius 1 is 0.634 bits per heavy atom. The highest BCUT2D eigenvalue weighted by molar-refractivity contribution is 6.00. The average molecular weight is 987 g/mol. The smallest absolute Gasteiger partial charge is 0.329 e. The average Bonchev–Trinajstić information content (AvgIpc) is 3.73. The molecule has 2 fully saturated rings. The van der Waals surface area contributed by atoms with E-state index in [1.807, 2.05) is 26.8 Å². The van der Waals surface area contributed by atoms with Crippen LogP contribution in [0, 0.1) is 23.7 Å². The number of carbonyl (C=O) groups excluding carboxylic acids is 9. The maximum atomic E-state index is 14.9. The number of hydrogen-bond donors (Lipinski definition) is 2. The number of benzene rings is 2. The summed E-state index contributed by atoms with van der Waals surface area (Å²) in [6.45, 7) is 17.3. The molecular formula is C53H78N8O10. The molecule has 71 heavy (non-hydrogen) atoms. The molecule has 390 valence electrons. The van der Waals surface area contributed by atoms with E-state index in [-0.39, 0.29) is 43.2 Å². The van der Waals surface area contributed by atoms with Gasteiger partial charge in [-0.25, -0.2) is 4.79 Å². The molecule has 2 aromatic rings. The topological polar surface area (TPSA) is 206 Å². The third-order valence-electron chi connectivity index (χ3n) is 14.0. The van der Waals surface area contributed by atoms with Crippen molar-refractivity contribution in [1.82, 2.24) is 40.0 Å². The van der Waals surface area contributed by atoms with Crippen LogP contribution >= 0.6 is 0 Å². The molecule has 2 aliphatic heterocycles. The van der Waals surface area contributed by atoms with Gasteiger partial charge in [0.1, 0.15) is 54.4 Å². The number of hydrogen-bond acceptors (Lipinski definition) is 10. The summed E-state index contributed by atoms with van der Waals surface area (Å²) in [6.07, 6.45) is -0.892. The van der Waals surface area contributed by atoms with Crippen molar-refractivity contribution in [3.63, 3.8) is 0 Å². The highest BCUT2D eigenvalue weighted by Gasteiger charge is 2.46. The van der Waals surface area contributed by atoms with E-state index in [9.17, 15) is 43.2 Å². The molecule has 2 N–H and O–H groups in total. The Balaban J connectivity index is 1.89. The molecule has 0 saturated carbocycles. The van der Waals surface area contributed by atoms with Gasteiger partial charge in [0.15, 0.2) is 0 Å². The molecule has 0 bridgehead atoms. The molecule has 8 amide bonds. The van der Waals surface area contributed by atoms with Crippen LogP contribution in [0.1, 0.15) is 98.0 Å². The number of amides is 8. The second kappa shape index (κ2) is 24.7. The van der Waals surface area contributed by atoms with Crippen LogP contribution in [0.3, 0.4) is 0 Å². The molecule has 4 rings (SSSR count). The van der Waals surface area contributed by atoms with E-state index in [1.165, 1.54) is 78.5 Å². The second-order valence-corrected chi connectivity index (χ2v) is 20.7. The normalized spacial score (nSPS) is 27.8. The predicted molar refractivity (Wildman–Crippen MR) is 268 cm³/mol. The minimum absolute atomic E-state index is 0.0360. The number of likely N-dealkylation sites (N-methyl/N-ethyl adjacent to an activating group) is 5. The number of nitrogens with zero attached hydrogens (tertiary/aromatic N) is 6. The van der Waals surface area contributed by atoms with E-state index in [4.69, 9.17) is 4.74 Å². The fourth-order valence-electron chi connectivity index (χ4n) is 9.56. The summed E-state index contributed by atoms with van der Waals surface area (Å²) in [5.74, 6) is -7.08. The Hall–Kier alpha value is -6.33. The zero-order valence-corrected chi connectivity index (χ0v) is 44.4. The number of ether oxygens (including phenoxy) is 1. The van der Waals surface area contributed by atoms with Gasteiger partial charge in [-0.05, 0) is 75.0 Å². The fraction of sp³-hybridized carbons (Fsp3) is 0.604. The molecule has 2 heterocycles. The lowest BCUT2D eigenvalue weighted by Crippen LogP contribution is -2.61. The van der Waals surface area contributed by atoms with Crippen molar-refractivity contribution in [2.24, 2.45) is 23.7 Å². The van der Waals surface area contributed by atoms with Crippen LogP contribution in [0.15, 0.2) is 60.7 Å². The molecule has 0 radical (unpaired) electrons. The molecular weight excluding hydrogens is 909 g/mol. The van der Waals surface area contributed by atoms with E-state index < -0.39 is 120 Å². The van der Waals surface area contributed by atoms with Crippen LogP contribution in [-0.2, 0) is 49.5 Å². The largest absolute Gasteiger partial charge is 0.458 e. The molecule has 0 unspecified atom stereocenters. The van der Waals surface area contributed by atoms with E-state index in [2.05, 4.69) is 10.6 Å². The zero-order chi connectivity index (χ0) is 53.3. The van der Waals surface area contributed by atoms with Crippen LogP contribution in [0.5, 0.6) is 0 Å². The fourth-order valence-corrected chi connectivity index (χ4v) is 9.56. The lowest BCUT2D eigenvalue weighted by molar-refractivity contribution is -0.165. The number of carbonyl (C=O) groups is 9. The van der Waals surface area contributed by atoms with Crippen molar-refractivity contribution < 1.29 is 47.9 Å². The van der Waals surface area contributed by atoms with Crippen molar-refractivity contribution in [2.75, 3.05) is 41.8 Å². The van der Waals surface area contributed by atoms with Gasteiger partial charge in [-0.2, -0.15) is 0 Å². The predicted octanol–water partition coefficient (Wildman–Crippen LogP) is 3.23. The van der Waals surface area contributed by atoms with Gasteiger partial charge < -0.3 is 44.8 Å².